The predicted molar refractivity (Wildman–Crippen MR) is 102 cm³/mol. The van der Waals surface area contributed by atoms with E-state index in [1.807, 2.05) is 23.1 Å². The predicted octanol–water partition coefficient (Wildman–Crippen LogP) is 4.06. The zero-order chi connectivity index (χ0) is 18.1. The van der Waals surface area contributed by atoms with Crippen LogP contribution in [-0.4, -0.2) is 31.9 Å². The topological polar surface area (TPSA) is 51.0 Å². The minimum atomic E-state index is -0.00347. The van der Waals surface area contributed by atoms with E-state index in [1.54, 1.807) is 12.3 Å². The molecule has 0 radical (unpaired) electrons. The van der Waals surface area contributed by atoms with Crippen LogP contribution in [0.3, 0.4) is 0 Å². The van der Waals surface area contributed by atoms with Gasteiger partial charge in [0.25, 0.3) is 5.91 Å². The quantitative estimate of drug-likeness (QED) is 0.714. The number of carbonyl (C=O) groups is 1. The molecule has 0 spiro atoms. The van der Waals surface area contributed by atoms with Gasteiger partial charge in [0.15, 0.2) is 0 Å². The molecule has 0 bridgehead atoms. The van der Waals surface area contributed by atoms with Gasteiger partial charge in [-0.1, -0.05) is 32.0 Å². The molecule has 1 aliphatic rings. The summed E-state index contributed by atoms with van der Waals surface area (Å²) in [6, 6.07) is 13.7. The summed E-state index contributed by atoms with van der Waals surface area (Å²) < 4.78 is 2.30. The maximum atomic E-state index is 13.0. The minimum Gasteiger partial charge on any atom is -0.327 e. The highest BCUT2D eigenvalue weighted by Crippen LogP contribution is 2.34. The molecule has 1 amide bonds. The van der Waals surface area contributed by atoms with E-state index in [0.29, 0.717) is 11.6 Å². The molecule has 0 N–H and O–H groups in total. The van der Waals surface area contributed by atoms with E-state index in [0.717, 1.165) is 42.8 Å². The molecule has 5 heteroatoms. The van der Waals surface area contributed by atoms with Gasteiger partial charge in [0.2, 0.25) is 0 Å². The zero-order valence-corrected chi connectivity index (χ0v) is 15.3. The fraction of sp³-hybridized carbons (Fsp3) is 0.381. The summed E-state index contributed by atoms with van der Waals surface area (Å²) in [7, 11) is 0. The van der Waals surface area contributed by atoms with Crippen LogP contribution in [0.25, 0.3) is 11.0 Å². The number of fused-ring (bicyclic) bond motifs is 1. The third-order valence-electron chi connectivity index (χ3n) is 4.93. The first-order chi connectivity index (χ1) is 12.6. The molecular weight excluding hydrogens is 324 g/mol. The minimum absolute atomic E-state index is 0.00347. The average Bonchev–Trinajstić information content (AvgIpc) is 3.26. The Kier molecular flexibility index (Phi) is 4.45. The van der Waals surface area contributed by atoms with E-state index in [9.17, 15) is 4.79 Å². The molecule has 1 aromatic carbocycles. The molecule has 1 aliphatic heterocycles. The van der Waals surface area contributed by atoms with Gasteiger partial charge in [0, 0.05) is 19.3 Å². The summed E-state index contributed by atoms with van der Waals surface area (Å²) in [4.78, 5) is 24.1. The fourth-order valence-electron chi connectivity index (χ4n) is 3.82. The highest BCUT2D eigenvalue weighted by molar-refractivity contribution is 5.92. The van der Waals surface area contributed by atoms with Gasteiger partial charge < -0.3 is 9.47 Å². The van der Waals surface area contributed by atoms with Crippen LogP contribution in [0.2, 0.25) is 0 Å². The Morgan fingerprint density at radius 3 is 2.77 bits per heavy atom. The van der Waals surface area contributed by atoms with Crippen LogP contribution >= 0.6 is 0 Å². The molecule has 134 valence electrons. The van der Waals surface area contributed by atoms with Crippen molar-refractivity contribution in [2.24, 2.45) is 5.92 Å². The lowest BCUT2D eigenvalue weighted by Gasteiger charge is -2.25. The second-order valence-electron chi connectivity index (χ2n) is 7.33. The normalized spacial score (nSPS) is 17.3. The first-order valence-electron chi connectivity index (χ1n) is 9.32. The number of imidazole rings is 1. The largest absolute Gasteiger partial charge is 0.327 e. The second-order valence-corrected chi connectivity index (χ2v) is 7.33. The number of pyridine rings is 1. The van der Waals surface area contributed by atoms with E-state index >= 15 is 0 Å². The molecule has 1 saturated heterocycles. The Bertz CT molecular complexity index is 916. The summed E-state index contributed by atoms with van der Waals surface area (Å²) in [6.07, 6.45) is 3.61. The van der Waals surface area contributed by atoms with Crippen LogP contribution in [0, 0.1) is 5.92 Å². The highest BCUT2D eigenvalue weighted by Gasteiger charge is 2.34. The molecule has 4 rings (SSSR count). The Morgan fingerprint density at radius 2 is 2.00 bits per heavy atom. The van der Waals surface area contributed by atoms with Crippen LogP contribution in [0.1, 0.15) is 49.0 Å². The fourth-order valence-corrected chi connectivity index (χ4v) is 3.82. The second kappa shape index (κ2) is 6.90. The number of benzene rings is 1. The monoisotopic (exact) mass is 348 g/mol. The van der Waals surface area contributed by atoms with Crippen molar-refractivity contribution in [3.05, 3.63) is 60.2 Å². The standard InChI is InChI=1S/C21H24N4O/c1-15(2)14-25-18-10-4-3-8-16(18)23-20(25)19-11-7-13-24(19)21(26)17-9-5-6-12-22-17/h3-6,8-10,12,15,19H,7,11,13-14H2,1-2H3. The number of hydrogen-bond donors (Lipinski definition) is 0. The zero-order valence-electron chi connectivity index (χ0n) is 15.3. The first kappa shape index (κ1) is 16.8. The smallest absolute Gasteiger partial charge is 0.273 e. The van der Waals surface area contributed by atoms with Gasteiger partial charge in [-0.15, -0.1) is 0 Å². The highest BCUT2D eigenvalue weighted by atomic mass is 16.2. The van der Waals surface area contributed by atoms with Gasteiger partial charge in [-0.3, -0.25) is 9.78 Å². The number of carbonyl (C=O) groups excluding carboxylic acids is 1. The Balaban J connectivity index is 1.75. The van der Waals surface area contributed by atoms with Crippen LogP contribution in [0.4, 0.5) is 0 Å². The number of nitrogens with zero attached hydrogens (tertiary/aromatic N) is 4. The summed E-state index contributed by atoms with van der Waals surface area (Å²) in [6.45, 7) is 6.08. The number of para-hydroxylation sites is 2. The van der Waals surface area contributed by atoms with E-state index < -0.39 is 0 Å². The molecular formula is C21H24N4O. The van der Waals surface area contributed by atoms with Crippen molar-refractivity contribution in [1.82, 2.24) is 19.4 Å². The summed E-state index contributed by atoms with van der Waals surface area (Å²) in [5, 5.41) is 0. The van der Waals surface area contributed by atoms with Crippen molar-refractivity contribution in [3.63, 3.8) is 0 Å². The lowest BCUT2D eigenvalue weighted by atomic mass is 10.1. The lowest BCUT2D eigenvalue weighted by molar-refractivity contribution is 0.0721. The van der Waals surface area contributed by atoms with E-state index in [2.05, 4.69) is 41.6 Å². The van der Waals surface area contributed by atoms with Gasteiger partial charge in [0.1, 0.15) is 11.5 Å². The van der Waals surface area contributed by atoms with Gasteiger partial charge in [0.05, 0.1) is 17.1 Å². The molecule has 1 atom stereocenters. The average molecular weight is 348 g/mol. The molecule has 0 saturated carbocycles. The molecule has 2 aromatic heterocycles. The van der Waals surface area contributed by atoms with Gasteiger partial charge in [-0.25, -0.2) is 4.98 Å². The third kappa shape index (κ3) is 2.98. The Morgan fingerprint density at radius 1 is 1.19 bits per heavy atom. The van der Waals surface area contributed by atoms with Crippen molar-refractivity contribution in [1.29, 1.82) is 0 Å². The van der Waals surface area contributed by atoms with Gasteiger partial charge in [-0.2, -0.15) is 0 Å². The van der Waals surface area contributed by atoms with Crippen molar-refractivity contribution in [2.75, 3.05) is 6.54 Å². The molecule has 1 fully saturated rings. The molecule has 1 unspecified atom stereocenters. The van der Waals surface area contributed by atoms with Gasteiger partial charge in [-0.05, 0) is 43.0 Å². The lowest BCUT2D eigenvalue weighted by Crippen LogP contribution is -2.32. The van der Waals surface area contributed by atoms with E-state index in [4.69, 9.17) is 4.98 Å². The van der Waals surface area contributed by atoms with Crippen LogP contribution in [0.15, 0.2) is 48.7 Å². The van der Waals surface area contributed by atoms with Crippen LogP contribution in [-0.2, 0) is 6.54 Å². The molecule has 3 heterocycles. The molecule has 0 aliphatic carbocycles. The number of rotatable bonds is 4. The summed E-state index contributed by atoms with van der Waals surface area (Å²) in [5.74, 6) is 1.51. The van der Waals surface area contributed by atoms with E-state index in [1.165, 1.54) is 0 Å². The summed E-state index contributed by atoms with van der Waals surface area (Å²) in [5.41, 5.74) is 2.65. The van der Waals surface area contributed by atoms with Crippen molar-refractivity contribution in [2.45, 2.75) is 39.3 Å². The third-order valence-corrected chi connectivity index (χ3v) is 4.93. The van der Waals surface area contributed by atoms with Crippen molar-refractivity contribution >= 4 is 16.9 Å². The maximum absolute atomic E-state index is 13.0. The molecule has 5 nitrogen and oxygen atoms in total. The maximum Gasteiger partial charge on any atom is 0.273 e. The number of likely N-dealkylation sites (tertiary alicyclic amines) is 1. The number of hydrogen-bond acceptors (Lipinski definition) is 3. The van der Waals surface area contributed by atoms with E-state index in [-0.39, 0.29) is 11.9 Å². The van der Waals surface area contributed by atoms with Gasteiger partial charge >= 0.3 is 0 Å². The Labute approximate surface area is 153 Å². The molecule has 3 aromatic rings. The summed E-state index contributed by atoms with van der Waals surface area (Å²) >= 11 is 0. The molecule has 26 heavy (non-hydrogen) atoms. The van der Waals surface area contributed by atoms with Crippen LogP contribution < -0.4 is 0 Å². The number of amides is 1. The van der Waals surface area contributed by atoms with Crippen LogP contribution in [0.5, 0.6) is 0 Å². The SMILES string of the molecule is CC(C)Cn1c(C2CCCN2C(=O)c2ccccn2)nc2ccccc21. The Hall–Kier alpha value is -2.69. The first-order valence-corrected chi connectivity index (χ1v) is 9.32. The van der Waals surface area contributed by atoms with Crippen molar-refractivity contribution < 1.29 is 4.79 Å². The van der Waals surface area contributed by atoms with Crippen molar-refractivity contribution in [3.8, 4) is 0 Å². The number of aromatic nitrogens is 3.